The summed E-state index contributed by atoms with van der Waals surface area (Å²) in [5.41, 5.74) is 1.07. The molecule has 1 saturated heterocycles. The maximum absolute atomic E-state index is 11.8. The first-order valence-electron chi connectivity index (χ1n) is 6.79. The van der Waals surface area contributed by atoms with Gasteiger partial charge < -0.3 is 10.6 Å². The fourth-order valence-electron chi connectivity index (χ4n) is 2.45. The smallest absolute Gasteiger partial charge is 0.224 e. The van der Waals surface area contributed by atoms with Crippen LogP contribution in [0.4, 0.5) is 0 Å². The van der Waals surface area contributed by atoms with Crippen molar-refractivity contribution in [1.29, 1.82) is 0 Å². The zero-order chi connectivity index (χ0) is 12.8. The quantitative estimate of drug-likeness (QED) is 0.849. The summed E-state index contributed by atoms with van der Waals surface area (Å²) in [6, 6.07) is 10.3. The first kappa shape index (κ1) is 13.1. The number of nitrogens with one attached hydrogen (secondary N) is 2. The van der Waals surface area contributed by atoms with Crippen molar-refractivity contribution in [3.05, 3.63) is 35.9 Å². The van der Waals surface area contributed by atoms with Gasteiger partial charge in [-0.15, -0.1) is 0 Å². The molecule has 0 radical (unpaired) electrons. The minimum absolute atomic E-state index is 0.112. The number of carbonyl (C=O) groups is 1. The van der Waals surface area contributed by atoms with Gasteiger partial charge in [0, 0.05) is 12.6 Å². The second-order valence-electron chi connectivity index (χ2n) is 5.15. The van der Waals surface area contributed by atoms with Gasteiger partial charge in [-0.05, 0) is 30.9 Å². The molecule has 1 aliphatic rings. The Morgan fingerprint density at radius 2 is 2.17 bits per heavy atom. The monoisotopic (exact) mass is 246 g/mol. The lowest BCUT2D eigenvalue weighted by atomic mass is 9.93. The van der Waals surface area contributed by atoms with Crippen molar-refractivity contribution in [2.45, 2.75) is 32.2 Å². The van der Waals surface area contributed by atoms with Crippen molar-refractivity contribution in [3.63, 3.8) is 0 Å². The molecular weight excluding hydrogens is 224 g/mol. The van der Waals surface area contributed by atoms with Gasteiger partial charge in [-0.2, -0.15) is 0 Å². The first-order chi connectivity index (χ1) is 8.75. The van der Waals surface area contributed by atoms with Crippen LogP contribution in [-0.2, 0) is 11.2 Å². The summed E-state index contributed by atoms with van der Waals surface area (Å²) < 4.78 is 0. The molecule has 18 heavy (non-hydrogen) atoms. The predicted octanol–water partition coefficient (Wildman–Crippen LogP) is 1.73. The molecule has 98 valence electrons. The molecule has 3 nitrogen and oxygen atoms in total. The summed E-state index contributed by atoms with van der Waals surface area (Å²) in [5, 5.41) is 6.50. The minimum atomic E-state index is 0.112. The van der Waals surface area contributed by atoms with E-state index in [0.29, 0.717) is 18.4 Å². The Morgan fingerprint density at radius 1 is 1.39 bits per heavy atom. The molecule has 1 heterocycles. The highest BCUT2D eigenvalue weighted by Crippen LogP contribution is 2.14. The molecule has 1 amide bonds. The van der Waals surface area contributed by atoms with Crippen LogP contribution in [0.15, 0.2) is 30.3 Å². The van der Waals surface area contributed by atoms with Gasteiger partial charge in [0.2, 0.25) is 5.91 Å². The van der Waals surface area contributed by atoms with Crippen LogP contribution in [0.1, 0.15) is 25.3 Å². The number of piperidine rings is 1. The molecule has 3 heteroatoms. The number of benzene rings is 1. The van der Waals surface area contributed by atoms with E-state index in [9.17, 15) is 4.79 Å². The van der Waals surface area contributed by atoms with E-state index in [-0.39, 0.29) is 5.91 Å². The molecule has 0 aliphatic carbocycles. The standard InChI is InChI=1S/C15H22N2O/c1-12-6-5-9-16-14(12)11-17-15(18)10-13-7-3-2-4-8-13/h2-4,7-8,12,14,16H,5-6,9-11H2,1H3,(H,17,18). The first-order valence-corrected chi connectivity index (χ1v) is 6.79. The Balaban J connectivity index is 1.74. The van der Waals surface area contributed by atoms with E-state index in [4.69, 9.17) is 0 Å². The lowest BCUT2D eigenvalue weighted by molar-refractivity contribution is -0.120. The molecular formula is C15H22N2O. The Bertz CT molecular complexity index is 377. The summed E-state index contributed by atoms with van der Waals surface area (Å²) >= 11 is 0. The second-order valence-corrected chi connectivity index (χ2v) is 5.15. The number of hydrogen-bond acceptors (Lipinski definition) is 2. The molecule has 1 aromatic carbocycles. The second kappa shape index (κ2) is 6.55. The Kier molecular flexibility index (Phi) is 4.76. The van der Waals surface area contributed by atoms with Crippen LogP contribution >= 0.6 is 0 Å². The van der Waals surface area contributed by atoms with Crippen LogP contribution in [-0.4, -0.2) is 25.0 Å². The molecule has 2 unspecified atom stereocenters. The third kappa shape index (κ3) is 3.84. The SMILES string of the molecule is CC1CCCNC1CNC(=O)Cc1ccccc1. The molecule has 1 aromatic rings. The Hall–Kier alpha value is -1.35. The summed E-state index contributed by atoms with van der Waals surface area (Å²) in [7, 11) is 0. The summed E-state index contributed by atoms with van der Waals surface area (Å²) in [4.78, 5) is 11.8. The lowest BCUT2D eigenvalue weighted by Gasteiger charge is -2.30. The van der Waals surface area contributed by atoms with E-state index in [1.165, 1.54) is 12.8 Å². The van der Waals surface area contributed by atoms with Crippen molar-refractivity contribution in [3.8, 4) is 0 Å². The van der Waals surface area contributed by atoms with Gasteiger partial charge in [0.25, 0.3) is 0 Å². The molecule has 2 atom stereocenters. The number of rotatable bonds is 4. The fourth-order valence-corrected chi connectivity index (χ4v) is 2.45. The van der Waals surface area contributed by atoms with Crippen molar-refractivity contribution < 1.29 is 4.79 Å². The number of amides is 1. The molecule has 2 N–H and O–H groups in total. The third-order valence-corrected chi connectivity index (χ3v) is 3.66. The average molecular weight is 246 g/mol. The van der Waals surface area contributed by atoms with Crippen LogP contribution in [0.25, 0.3) is 0 Å². The van der Waals surface area contributed by atoms with E-state index in [0.717, 1.165) is 18.7 Å². The zero-order valence-corrected chi connectivity index (χ0v) is 11.0. The van der Waals surface area contributed by atoms with Crippen molar-refractivity contribution in [1.82, 2.24) is 10.6 Å². The molecule has 1 fully saturated rings. The van der Waals surface area contributed by atoms with Crippen LogP contribution in [0, 0.1) is 5.92 Å². The largest absolute Gasteiger partial charge is 0.354 e. The third-order valence-electron chi connectivity index (χ3n) is 3.66. The summed E-state index contributed by atoms with van der Waals surface area (Å²) in [6.45, 7) is 4.07. The molecule has 0 saturated carbocycles. The summed E-state index contributed by atoms with van der Waals surface area (Å²) in [6.07, 6.45) is 2.98. The van der Waals surface area contributed by atoms with Gasteiger partial charge >= 0.3 is 0 Å². The van der Waals surface area contributed by atoms with E-state index < -0.39 is 0 Å². The van der Waals surface area contributed by atoms with Crippen LogP contribution in [0.2, 0.25) is 0 Å². The van der Waals surface area contributed by atoms with Gasteiger partial charge in [-0.25, -0.2) is 0 Å². The van der Waals surface area contributed by atoms with Gasteiger partial charge in [0.1, 0.15) is 0 Å². The van der Waals surface area contributed by atoms with Gasteiger partial charge in [0.05, 0.1) is 6.42 Å². The molecule has 1 aliphatic heterocycles. The van der Waals surface area contributed by atoms with Gasteiger partial charge in [-0.3, -0.25) is 4.79 Å². The van der Waals surface area contributed by atoms with Gasteiger partial charge in [0.15, 0.2) is 0 Å². The topological polar surface area (TPSA) is 41.1 Å². The van der Waals surface area contributed by atoms with Crippen molar-refractivity contribution >= 4 is 5.91 Å². The number of carbonyl (C=O) groups excluding carboxylic acids is 1. The summed E-state index contributed by atoms with van der Waals surface area (Å²) in [5.74, 6) is 0.761. The Labute approximate surface area is 109 Å². The Morgan fingerprint density at radius 3 is 2.89 bits per heavy atom. The van der Waals surface area contributed by atoms with Crippen LogP contribution < -0.4 is 10.6 Å². The van der Waals surface area contributed by atoms with E-state index in [1.807, 2.05) is 30.3 Å². The molecule has 0 aromatic heterocycles. The van der Waals surface area contributed by atoms with E-state index in [1.54, 1.807) is 0 Å². The van der Waals surface area contributed by atoms with Crippen LogP contribution in [0.5, 0.6) is 0 Å². The fraction of sp³-hybridized carbons (Fsp3) is 0.533. The maximum atomic E-state index is 11.8. The lowest BCUT2D eigenvalue weighted by Crippen LogP contribution is -2.48. The highest BCUT2D eigenvalue weighted by atomic mass is 16.1. The molecule has 0 bridgehead atoms. The zero-order valence-electron chi connectivity index (χ0n) is 11.0. The van der Waals surface area contributed by atoms with Crippen molar-refractivity contribution in [2.24, 2.45) is 5.92 Å². The highest BCUT2D eigenvalue weighted by molar-refractivity contribution is 5.78. The highest BCUT2D eigenvalue weighted by Gasteiger charge is 2.20. The van der Waals surface area contributed by atoms with Crippen LogP contribution in [0.3, 0.4) is 0 Å². The van der Waals surface area contributed by atoms with Gasteiger partial charge in [-0.1, -0.05) is 37.3 Å². The molecule has 0 spiro atoms. The average Bonchev–Trinajstić information content (AvgIpc) is 2.39. The minimum Gasteiger partial charge on any atom is -0.354 e. The maximum Gasteiger partial charge on any atom is 0.224 e. The molecule has 2 rings (SSSR count). The van der Waals surface area contributed by atoms with E-state index >= 15 is 0 Å². The normalized spacial score (nSPS) is 23.6. The number of hydrogen-bond donors (Lipinski definition) is 2. The van der Waals surface area contributed by atoms with Crippen molar-refractivity contribution in [2.75, 3.05) is 13.1 Å². The predicted molar refractivity (Wildman–Crippen MR) is 73.3 cm³/mol. The van der Waals surface area contributed by atoms with E-state index in [2.05, 4.69) is 17.6 Å².